The molecule has 32 heavy (non-hydrogen) atoms. The molecule has 4 rings (SSSR count). The number of benzene rings is 2. The molecule has 2 heterocycles. The second-order valence-electron chi connectivity index (χ2n) is 7.70. The lowest BCUT2D eigenvalue weighted by atomic mass is 10.2. The van der Waals surface area contributed by atoms with Gasteiger partial charge in [-0.15, -0.1) is 0 Å². The number of carbonyl (C=O) groups is 2. The first-order valence-corrected chi connectivity index (χ1v) is 10.7. The molecule has 2 N–H and O–H groups in total. The Hall–Kier alpha value is -3.87. The van der Waals surface area contributed by atoms with Crippen molar-refractivity contribution in [3.8, 4) is 5.88 Å². The molecule has 0 saturated carbocycles. The minimum absolute atomic E-state index is 0.205. The predicted octanol–water partition coefficient (Wildman–Crippen LogP) is 4.10. The van der Waals surface area contributed by atoms with Crippen LogP contribution in [0.5, 0.6) is 5.88 Å². The van der Waals surface area contributed by atoms with Crippen LogP contribution in [0.15, 0.2) is 72.9 Å². The van der Waals surface area contributed by atoms with Crippen molar-refractivity contribution in [1.82, 2.24) is 15.2 Å². The van der Waals surface area contributed by atoms with Gasteiger partial charge in [-0.05, 0) is 41.3 Å². The maximum atomic E-state index is 12.3. The third kappa shape index (κ3) is 6.07. The fourth-order valence-corrected chi connectivity index (χ4v) is 3.51. The summed E-state index contributed by atoms with van der Waals surface area (Å²) in [6, 6.07) is 20.8. The summed E-state index contributed by atoms with van der Waals surface area (Å²) < 4.78 is 5.74. The molecule has 1 aliphatic rings. The highest BCUT2D eigenvalue weighted by Crippen LogP contribution is 2.16. The number of nitrogens with one attached hydrogen (secondary N) is 2. The van der Waals surface area contributed by atoms with E-state index in [9.17, 15) is 9.59 Å². The first-order valence-electron chi connectivity index (χ1n) is 10.7. The number of carbonyl (C=O) groups excluding carboxylic acids is 2. The van der Waals surface area contributed by atoms with E-state index in [0.717, 1.165) is 29.7 Å². The Balaban J connectivity index is 1.23. The third-order valence-electron chi connectivity index (χ3n) is 5.24. The predicted molar refractivity (Wildman–Crippen MR) is 122 cm³/mol. The monoisotopic (exact) mass is 430 g/mol. The van der Waals surface area contributed by atoms with E-state index in [-0.39, 0.29) is 11.9 Å². The van der Waals surface area contributed by atoms with E-state index in [0.29, 0.717) is 37.7 Å². The molecule has 0 atom stereocenters. The van der Waals surface area contributed by atoms with E-state index in [1.54, 1.807) is 6.20 Å². The van der Waals surface area contributed by atoms with Gasteiger partial charge in [-0.3, -0.25) is 4.79 Å². The lowest BCUT2D eigenvalue weighted by molar-refractivity contribution is -0.128. The second kappa shape index (κ2) is 10.4. The van der Waals surface area contributed by atoms with Gasteiger partial charge in [0.1, 0.15) is 6.61 Å². The topological polar surface area (TPSA) is 83.6 Å². The average molecular weight is 431 g/mol. The highest BCUT2D eigenvalue weighted by atomic mass is 16.5. The molecule has 3 amide bonds. The van der Waals surface area contributed by atoms with Crippen molar-refractivity contribution in [1.29, 1.82) is 0 Å². The molecule has 1 aliphatic heterocycles. The van der Waals surface area contributed by atoms with Crippen molar-refractivity contribution < 1.29 is 14.3 Å². The number of hydrogen-bond acceptors (Lipinski definition) is 4. The van der Waals surface area contributed by atoms with Crippen LogP contribution in [0.3, 0.4) is 0 Å². The van der Waals surface area contributed by atoms with E-state index in [1.807, 2.05) is 71.6 Å². The summed E-state index contributed by atoms with van der Waals surface area (Å²) in [5, 5.41) is 5.67. The minimum atomic E-state index is -0.295. The van der Waals surface area contributed by atoms with Gasteiger partial charge < -0.3 is 20.3 Å². The highest BCUT2D eigenvalue weighted by molar-refractivity contribution is 5.89. The van der Waals surface area contributed by atoms with Crippen LogP contribution in [-0.4, -0.2) is 28.4 Å². The number of pyridine rings is 1. The molecular formula is C25H26N4O3. The Morgan fingerprint density at radius 2 is 1.81 bits per heavy atom. The van der Waals surface area contributed by atoms with E-state index < -0.39 is 0 Å². The van der Waals surface area contributed by atoms with Crippen LogP contribution >= 0.6 is 0 Å². The van der Waals surface area contributed by atoms with Crippen molar-refractivity contribution >= 4 is 17.6 Å². The molecule has 7 nitrogen and oxygen atoms in total. The van der Waals surface area contributed by atoms with Gasteiger partial charge in [0.2, 0.25) is 11.8 Å². The molecular weight excluding hydrogens is 404 g/mol. The number of aromatic nitrogens is 1. The molecule has 1 aromatic heterocycles. The lowest BCUT2D eigenvalue weighted by Gasteiger charge is -2.15. The molecule has 1 fully saturated rings. The van der Waals surface area contributed by atoms with Crippen molar-refractivity contribution in [3.63, 3.8) is 0 Å². The van der Waals surface area contributed by atoms with Gasteiger partial charge in [0, 0.05) is 44.0 Å². The summed E-state index contributed by atoms with van der Waals surface area (Å²) in [6.45, 7) is 2.22. The van der Waals surface area contributed by atoms with Crippen LogP contribution in [-0.2, 0) is 24.5 Å². The molecule has 2 aromatic carbocycles. The maximum Gasteiger partial charge on any atom is 0.319 e. The number of ether oxygens (including phenoxy) is 1. The van der Waals surface area contributed by atoms with Crippen molar-refractivity contribution in [3.05, 3.63) is 89.6 Å². The standard InChI is InChI=1S/C25H26N4O3/c30-24-7-4-14-29(24)17-19-8-10-22(11-9-19)28-25(31)27-16-21-12-13-26-23(15-21)32-18-20-5-2-1-3-6-20/h1-3,5-6,8-13,15H,4,7,14,16-18H2,(H2,27,28,31). The van der Waals surface area contributed by atoms with Crippen LogP contribution < -0.4 is 15.4 Å². The van der Waals surface area contributed by atoms with Crippen LogP contribution in [0.25, 0.3) is 0 Å². The van der Waals surface area contributed by atoms with Gasteiger partial charge in [0.25, 0.3) is 0 Å². The molecule has 0 spiro atoms. The van der Waals surface area contributed by atoms with Gasteiger partial charge in [0.15, 0.2) is 0 Å². The summed E-state index contributed by atoms with van der Waals surface area (Å²) in [5.41, 5.74) is 3.70. The first-order chi connectivity index (χ1) is 15.7. The van der Waals surface area contributed by atoms with E-state index in [1.165, 1.54) is 0 Å². The van der Waals surface area contributed by atoms with E-state index in [2.05, 4.69) is 15.6 Å². The first kappa shape index (κ1) is 21.4. The van der Waals surface area contributed by atoms with Gasteiger partial charge in [-0.2, -0.15) is 0 Å². The minimum Gasteiger partial charge on any atom is -0.473 e. The molecule has 7 heteroatoms. The Kier molecular flexibility index (Phi) is 6.97. The van der Waals surface area contributed by atoms with Crippen molar-refractivity contribution in [2.75, 3.05) is 11.9 Å². The number of nitrogens with zero attached hydrogens (tertiary/aromatic N) is 2. The second-order valence-corrected chi connectivity index (χ2v) is 7.70. The molecule has 0 radical (unpaired) electrons. The SMILES string of the molecule is O=C(NCc1ccnc(OCc2ccccc2)c1)Nc1ccc(CN2CCCC2=O)cc1. The summed E-state index contributed by atoms with van der Waals surface area (Å²) in [5.74, 6) is 0.719. The third-order valence-corrected chi connectivity index (χ3v) is 5.24. The van der Waals surface area contributed by atoms with Crippen molar-refractivity contribution in [2.45, 2.75) is 32.5 Å². The molecule has 164 valence electrons. The quantitative estimate of drug-likeness (QED) is 0.564. The molecule has 1 saturated heterocycles. The molecule has 3 aromatic rings. The fraction of sp³-hybridized carbons (Fsp3) is 0.240. The van der Waals surface area contributed by atoms with E-state index in [4.69, 9.17) is 4.74 Å². The number of anilines is 1. The largest absolute Gasteiger partial charge is 0.473 e. The Bertz CT molecular complexity index is 1050. The van der Waals surface area contributed by atoms with Gasteiger partial charge in [0.05, 0.1) is 0 Å². The Labute approximate surface area is 187 Å². The summed E-state index contributed by atoms with van der Waals surface area (Å²) in [4.78, 5) is 30.1. The smallest absolute Gasteiger partial charge is 0.319 e. The zero-order chi connectivity index (χ0) is 22.2. The molecule has 0 unspecified atom stereocenters. The summed E-state index contributed by atoms with van der Waals surface area (Å²) >= 11 is 0. The molecule has 0 bridgehead atoms. The van der Waals surface area contributed by atoms with Crippen LogP contribution in [0.4, 0.5) is 10.5 Å². The number of urea groups is 1. The number of hydrogen-bond donors (Lipinski definition) is 2. The van der Waals surface area contributed by atoms with Gasteiger partial charge >= 0.3 is 6.03 Å². The normalized spacial score (nSPS) is 13.1. The zero-order valence-corrected chi connectivity index (χ0v) is 17.8. The Morgan fingerprint density at radius 3 is 2.56 bits per heavy atom. The Morgan fingerprint density at radius 1 is 1.00 bits per heavy atom. The number of rotatable bonds is 8. The summed E-state index contributed by atoms with van der Waals surface area (Å²) in [7, 11) is 0. The highest BCUT2D eigenvalue weighted by Gasteiger charge is 2.19. The average Bonchev–Trinajstić information content (AvgIpc) is 3.23. The molecule has 0 aliphatic carbocycles. The van der Waals surface area contributed by atoms with Crippen LogP contribution in [0.2, 0.25) is 0 Å². The maximum absolute atomic E-state index is 12.3. The van der Waals surface area contributed by atoms with Gasteiger partial charge in [-0.25, -0.2) is 9.78 Å². The summed E-state index contributed by atoms with van der Waals surface area (Å²) in [6.07, 6.45) is 3.23. The zero-order valence-electron chi connectivity index (χ0n) is 17.8. The fourth-order valence-electron chi connectivity index (χ4n) is 3.51. The number of likely N-dealkylation sites (tertiary alicyclic amines) is 1. The van der Waals surface area contributed by atoms with Crippen molar-refractivity contribution in [2.24, 2.45) is 0 Å². The van der Waals surface area contributed by atoms with E-state index >= 15 is 0 Å². The van der Waals surface area contributed by atoms with Crippen LogP contribution in [0, 0.1) is 0 Å². The van der Waals surface area contributed by atoms with Gasteiger partial charge in [-0.1, -0.05) is 42.5 Å². The lowest BCUT2D eigenvalue weighted by Crippen LogP contribution is -2.28. The number of amides is 3. The van der Waals surface area contributed by atoms with Crippen LogP contribution in [0.1, 0.15) is 29.5 Å².